The summed E-state index contributed by atoms with van der Waals surface area (Å²) in [6, 6.07) is 0. The van der Waals surface area contributed by atoms with E-state index in [9.17, 15) is 4.79 Å². The van der Waals surface area contributed by atoms with Crippen molar-refractivity contribution in [2.75, 3.05) is 5.32 Å². The van der Waals surface area contributed by atoms with Crippen LogP contribution >= 0.6 is 12.2 Å². The molecule has 0 radical (unpaired) electrons. The minimum absolute atomic E-state index is 0.131. The van der Waals surface area contributed by atoms with Gasteiger partial charge >= 0.3 is 0 Å². The zero-order valence-corrected chi connectivity index (χ0v) is 8.28. The maximum atomic E-state index is 11.4. The van der Waals surface area contributed by atoms with Crippen LogP contribution in [0.4, 0.5) is 5.95 Å². The van der Waals surface area contributed by atoms with Crippen molar-refractivity contribution in [3.63, 3.8) is 0 Å². The number of carbonyl (C=O) groups is 1. The summed E-state index contributed by atoms with van der Waals surface area (Å²) in [6.45, 7) is 1.61. The lowest BCUT2D eigenvalue weighted by Gasteiger charge is -2.08. The smallest absolute Gasteiger partial charge is 0.249 e. The average molecular weight is 211 g/mol. The van der Waals surface area contributed by atoms with Gasteiger partial charge in [-0.25, -0.2) is 4.98 Å². The van der Waals surface area contributed by atoms with Crippen molar-refractivity contribution in [2.45, 2.75) is 6.92 Å². The summed E-state index contributed by atoms with van der Waals surface area (Å²) in [6.07, 6.45) is 2.83. The normalized spacial score (nSPS) is 11.8. The lowest BCUT2D eigenvalue weighted by molar-refractivity contribution is -0.117. The molecule has 6 nitrogen and oxygen atoms in total. The minimum atomic E-state index is -0.547. The molecule has 1 amide bonds. The Morgan fingerprint density at radius 2 is 2.36 bits per heavy atom. The van der Waals surface area contributed by atoms with Gasteiger partial charge in [0.15, 0.2) is 0 Å². The number of nitrogens with two attached hydrogens (primary N) is 1. The highest BCUT2D eigenvalue weighted by Gasteiger charge is 2.16. The molecule has 7 heteroatoms. The lowest BCUT2D eigenvalue weighted by atomic mass is 10.2. The third-order valence-electron chi connectivity index (χ3n) is 1.54. The Bertz CT molecular complexity index is 341. The summed E-state index contributed by atoms with van der Waals surface area (Å²) >= 11 is 4.67. The fraction of sp³-hybridized carbons (Fsp3) is 0.286. The number of rotatable bonds is 3. The van der Waals surface area contributed by atoms with Gasteiger partial charge in [0.25, 0.3) is 0 Å². The maximum Gasteiger partial charge on any atom is 0.249 e. The van der Waals surface area contributed by atoms with Gasteiger partial charge < -0.3 is 5.73 Å². The van der Waals surface area contributed by atoms with E-state index in [1.807, 2.05) is 0 Å². The molecule has 1 heterocycles. The van der Waals surface area contributed by atoms with Crippen molar-refractivity contribution >= 4 is 29.1 Å². The number of anilines is 1. The SMILES string of the molecule is CC(C(=O)Nc1nccnn1)C(N)=S. The van der Waals surface area contributed by atoms with Crippen LogP contribution in [-0.4, -0.2) is 26.1 Å². The first kappa shape index (κ1) is 10.5. The fourth-order valence-electron chi connectivity index (χ4n) is 0.653. The molecule has 1 atom stereocenters. The predicted molar refractivity (Wildman–Crippen MR) is 54.4 cm³/mol. The monoisotopic (exact) mass is 211 g/mol. The Morgan fingerprint density at radius 3 is 2.86 bits per heavy atom. The van der Waals surface area contributed by atoms with Crippen LogP contribution in [0.2, 0.25) is 0 Å². The summed E-state index contributed by atoms with van der Waals surface area (Å²) in [4.78, 5) is 15.3. The number of nitrogens with zero attached hydrogens (tertiary/aromatic N) is 3. The molecule has 0 saturated carbocycles. The molecule has 0 spiro atoms. The molecule has 14 heavy (non-hydrogen) atoms. The molecule has 0 aliphatic rings. The largest absolute Gasteiger partial charge is 0.393 e. The predicted octanol–water partition coefficient (Wildman–Crippen LogP) is -0.268. The molecular formula is C7H9N5OS. The molecule has 74 valence electrons. The zero-order chi connectivity index (χ0) is 10.6. The van der Waals surface area contributed by atoms with Crippen molar-refractivity contribution in [3.8, 4) is 0 Å². The second kappa shape index (κ2) is 4.56. The fourth-order valence-corrected chi connectivity index (χ4v) is 0.760. The summed E-state index contributed by atoms with van der Waals surface area (Å²) in [5.74, 6) is -0.750. The van der Waals surface area contributed by atoms with Crippen LogP contribution in [0.3, 0.4) is 0 Å². The molecule has 0 aromatic carbocycles. The van der Waals surface area contributed by atoms with Crippen LogP contribution in [0.15, 0.2) is 12.4 Å². The molecule has 1 unspecified atom stereocenters. The highest BCUT2D eigenvalue weighted by atomic mass is 32.1. The van der Waals surface area contributed by atoms with Crippen LogP contribution in [0.1, 0.15) is 6.92 Å². The Balaban J connectivity index is 2.62. The number of nitrogens with one attached hydrogen (secondary N) is 1. The standard InChI is InChI=1S/C7H9N5OS/c1-4(5(8)14)6(13)11-7-9-2-3-10-12-7/h2-4H,1H3,(H2,8,14)(H,9,11,12,13). The van der Waals surface area contributed by atoms with E-state index >= 15 is 0 Å². The van der Waals surface area contributed by atoms with Crippen molar-refractivity contribution in [3.05, 3.63) is 12.4 Å². The van der Waals surface area contributed by atoms with Gasteiger partial charge in [0.2, 0.25) is 11.9 Å². The van der Waals surface area contributed by atoms with Gasteiger partial charge in [-0.3, -0.25) is 10.1 Å². The van der Waals surface area contributed by atoms with Crippen LogP contribution in [-0.2, 0) is 4.79 Å². The van der Waals surface area contributed by atoms with Gasteiger partial charge in [0, 0.05) is 0 Å². The third-order valence-corrected chi connectivity index (χ3v) is 1.89. The van der Waals surface area contributed by atoms with Crippen molar-refractivity contribution in [1.82, 2.24) is 15.2 Å². The summed E-state index contributed by atoms with van der Waals surface area (Å²) in [5, 5.41) is 9.57. The maximum absolute atomic E-state index is 11.4. The highest BCUT2D eigenvalue weighted by Crippen LogP contribution is 2.00. The van der Waals surface area contributed by atoms with Gasteiger partial charge in [0.05, 0.1) is 23.3 Å². The van der Waals surface area contributed by atoms with Crippen molar-refractivity contribution in [2.24, 2.45) is 11.7 Å². The van der Waals surface area contributed by atoms with E-state index in [0.29, 0.717) is 0 Å². The van der Waals surface area contributed by atoms with E-state index in [2.05, 4.69) is 32.7 Å². The molecule has 3 N–H and O–H groups in total. The van der Waals surface area contributed by atoms with Gasteiger partial charge in [-0.1, -0.05) is 12.2 Å². The van der Waals surface area contributed by atoms with Crippen LogP contribution in [0, 0.1) is 5.92 Å². The Labute approximate surface area is 85.9 Å². The molecule has 0 bridgehead atoms. The number of thiocarbonyl (C=S) groups is 1. The van der Waals surface area contributed by atoms with E-state index in [4.69, 9.17) is 5.73 Å². The minimum Gasteiger partial charge on any atom is -0.393 e. The number of hydrogen-bond acceptors (Lipinski definition) is 5. The highest BCUT2D eigenvalue weighted by molar-refractivity contribution is 7.80. The summed E-state index contributed by atoms with van der Waals surface area (Å²) in [7, 11) is 0. The molecule has 0 fully saturated rings. The van der Waals surface area contributed by atoms with E-state index in [0.717, 1.165) is 0 Å². The number of aromatic nitrogens is 3. The van der Waals surface area contributed by atoms with Gasteiger partial charge in [0.1, 0.15) is 0 Å². The zero-order valence-electron chi connectivity index (χ0n) is 7.47. The van der Waals surface area contributed by atoms with Crippen LogP contribution in [0.25, 0.3) is 0 Å². The number of amides is 1. The molecule has 0 saturated heterocycles. The van der Waals surface area contributed by atoms with E-state index in [1.54, 1.807) is 6.92 Å². The van der Waals surface area contributed by atoms with E-state index in [1.165, 1.54) is 12.4 Å². The quantitative estimate of drug-likeness (QED) is 0.668. The first-order valence-corrected chi connectivity index (χ1v) is 4.26. The third kappa shape index (κ3) is 2.70. The average Bonchev–Trinajstić information content (AvgIpc) is 2.18. The van der Waals surface area contributed by atoms with Gasteiger partial charge in [-0.2, -0.15) is 5.10 Å². The Hall–Kier alpha value is -1.63. The summed E-state index contributed by atoms with van der Waals surface area (Å²) in [5.41, 5.74) is 5.30. The molecule has 0 aliphatic carbocycles. The molecule has 1 aromatic heterocycles. The molecule has 1 aromatic rings. The van der Waals surface area contributed by atoms with Crippen molar-refractivity contribution < 1.29 is 4.79 Å². The molecule has 0 aliphatic heterocycles. The topological polar surface area (TPSA) is 93.8 Å². The summed E-state index contributed by atoms with van der Waals surface area (Å²) < 4.78 is 0. The molecular weight excluding hydrogens is 202 g/mol. The van der Waals surface area contributed by atoms with Crippen molar-refractivity contribution in [1.29, 1.82) is 0 Å². The van der Waals surface area contributed by atoms with Gasteiger partial charge in [-0.05, 0) is 6.92 Å². The lowest BCUT2D eigenvalue weighted by Crippen LogP contribution is -2.31. The Morgan fingerprint density at radius 1 is 1.64 bits per heavy atom. The van der Waals surface area contributed by atoms with E-state index in [-0.39, 0.29) is 16.8 Å². The second-order valence-electron chi connectivity index (χ2n) is 2.58. The first-order valence-electron chi connectivity index (χ1n) is 3.85. The van der Waals surface area contributed by atoms with Gasteiger partial charge in [-0.15, -0.1) is 5.10 Å². The number of carbonyl (C=O) groups excluding carboxylic acids is 1. The second-order valence-corrected chi connectivity index (χ2v) is 3.05. The molecule has 1 rings (SSSR count). The number of hydrogen-bond donors (Lipinski definition) is 2. The Kier molecular flexibility index (Phi) is 3.41. The van der Waals surface area contributed by atoms with Crippen LogP contribution < -0.4 is 11.1 Å². The van der Waals surface area contributed by atoms with E-state index < -0.39 is 5.92 Å². The van der Waals surface area contributed by atoms with Crippen LogP contribution in [0.5, 0.6) is 0 Å². The first-order chi connectivity index (χ1) is 6.61.